The number of nitro benzene ring substituents is 1. The Morgan fingerprint density at radius 2 is 2.07 bits per heavy atom. The van der Waals surface area contributed by atoms with Crippen LogP contribution >= 0.6 is 12.2 Å². The Labute approximate surface area is 162 Å². The highest BCUT2D eigenvalue weighted by Gasteiger charge is 2.54. The molecule has 3 atom stereocenters. The number of para-hydroxylation sites is 2. The first-order valence-corrected chi connectivity index (χ1v) is 8.98. The van der Waals surface area contributed by atoms with Crippen LogP contribution in [0, 0.1) is 16.0 Å². The van der Waals surface area contributed by atoms with Crippen LogP contribution in [-0.2, 0) is 0 Å². The highest BCUT2D eigenvalue weighted by atomic mass is 32.1. The number of nitrogens with zero attached hydrogens (tertiary/aromatic N) is 2. The molecule has 2 heterocycles. The van der Waals surface area contributed by atoms with Gasteiger partial charge in [0.1, 0.15) is 11.5 Å². The fraction of sp³-hybridized carbons (Fsp3) is 0.316. The van der Waals surface area contributed by atoms with Crippen molar-refractivity contribution in [1.29, 1.82) is 0 Å². The fourth-order valence-electron chi connectivity index (χ4n) is 3.89. The maximum absolute atomic E-state index is 11.2. The summed E-state index contributed by atoms with van der Waals surface area (Å²) >= 11 is 5.65. The third-order valence-corrected chi connectivity index (χ3v) is 5.75. The van der Waals surface area contributed by atoms with E-state index in [4.69, 9.17) is 21.7 Å². The summed E-state index contributed by atoms with van der Waals surface area (Å²) in [7, 11) is 1.62. The predicted octanol–water partition coefficient (Wildman–Crippen LogP) is 3.78. The number of ether oxygens (including phenoxy) is 2. The lowest BCUT2D eigenvalue weighted by Gasteiger charge is -2.56. The topological polar surface area (TPSA) is 76.9 Å². The number of rotatable bonds is 3. The number of non-ortho nitro benzene ring substituents is 1. The third kappa shape index (κ3) is 2.51. The van der Waals surface area contributed by atoms with Crippen molar-refractivity contribution in [1.82, 2.24) is 5.32 Å². The van der Waals surface area contributed by atoms with Crippen molar-refractivity contribution < 1.29 is 14.4 Å². The smallest absolute Gasteiger partial charge is 0.270 e. The SMILES string of the molecule is COc1ccccc1N1C(=S)N[C@H]2c3cc([N+](=O)[O-])ccc3O[C@@]1(C)[C@@H]2C. The molecule has 8 heteroatoms. The van der Waals surface area contributed by atoms with Gasteiger partial charge in [-0.1, -0.05) is 19.1 Å². The second kappa shape index (κ2) is 6.09. The minimum Gasteiger partial charge on any atom is -0.495 e. The standard InChI is InChI=1S/C19H19N3O4S/c1-11-17-13-10-12(22(23)24)8-9-15(13)26-19(11,2)21(18(27)20-17)14-6-4-5-7-16(14)25-3/h4-11,17H,1-3H3,(H,20,27)/t11-,17-,19+/m1/s1. The second-order valence-corrected chi connectivity index (χ2v) is 7.25. The minimum absolute atomic E-state index is 0.0352. The van der Waals surface area contributed by atoms with Crippen molar-refractivity contribution in [3.63, 3.8) is 0 Å². The van der Waals surface area contributed by atoms with E-state index in [9.17, 15) is 10.1 Å². The molecule has 0 amide bonds. The third-order valence-electron chi connectivity index (χ3n) is 5.45. The van der Waals surface area contributed by atoms with E-state index in [1.165, 1.54) is 6.07 Å². The number of nitro groups is 1. The van der Waals surface area contributed by atoms with Crippen LogP contribution in [0.25, 0.3) is 0 Å². The molecule has 0 aromatic heterocycles. The van der Waals surface area contributed by atoms with Gasteiger partial charge in [0.25, 0.3) is 5.69 Å². The van der Waals surface area contributed by atoms with Crippen LogP contribution in [0.1, 0.15) is 25.5 Å². The number of hydrogen-bond donors (Lipinski definition) is 1. The Hall–Kier alpha value is -2.87. The molecule has 4 rings (SSSR count). The molecular formula is C19H19N3O4S. The number of fused-ring (bicyclic) bond motifs is 4. The lowest BCUT2D eigenvalue weighted by molar-refractivity contribution is -0.385. The molecule has 0 spiro atoms. The predicted molar refractivity (Wildman–Crippen MR) is 105 cm³/mol. The van der Waals surface area contributed by atoms with Gasteiger partial charge in [0.05, 0.1) is 23.8 Å². The molecule has 1 fully saturated rings. The van der Waals surface area contributed by atoms with Crippen molar-refractivity contribution >= 4 is 28.7 Å². The van der Waals surface area contributed by atoms with E-state index >= 15 is 0 Å². The molecule has 0 saturated carbocycles. The van der Waals surface area contributed by atoms with Gasteiger partial charge in [0.15, 0.2) is 10.8 Å². The largest absolute Gasteiger partial charge is 0.495 e. The first-order valence-electron chi connectivity index (χ1n) is 8.58. The number of nitrogens with one attached hydrogen (secondary N) is 1. The lowest BCUT2D eigenvalue weighted by Crippen LogP contribution is -2.69. The van der Waals surface area contributed by atoms with Gasteiger partial charge >= 0.3 is 0 Å². The minimum atomic E-state index is -0.773. The van der Waals surface area contributed by atoms with Crippen molar-refractivity contribution in [2.45, 2.75) is 25.6 Å². The summed E-state index contributed by atoms with van der Waals surface area (Å²) in [6.07, 6.45) is 0. The van der Waals surface area contributed by atoms with E-state index in [1.807, 2.05) is 43.0 Å². The summed E-state index contributed by atoms with van der Waals surface area (Å²) in [6, 6.07) is 12.1. The average Bonchev–Trinajstić information content (AvgIpc) is 2.64. The van der Waals surface area contributed by atoms with Crippen molar-refractivity contribution in [3.8, 4) is 11.5 Å². The Morgan fingerprint density at radius 3 is 2.78 bits per heavy atom. The van der Waals surface area contributed by atoms with Gasteiger partial charge in [-0.2, -0.15) is 0 Å². The van der Waals surface area contributed by atoms with Crippen LogP contribution in [0.4, 0.5) is 11.4 Å². The number of thiocarbonyl (C=S) groups is 1. The summed E-state index contributed by atoms with van der Waals surface area (Å²) in [5.41, 5.74) is 0.810. The van der Waals surface area contributed by atoms with Gasteiger partial charge in [-0.25, -0.2) is 0 Å². The van der Waals surface area contributed by atoms with Crippen molar-refractivity contribution in [3.05, 3.63) is 58.1 Å². The van der Waals surface area contributed by atoms with Gasteiger partial charge < -0.3 is 14.8 Å². The van der Waals surface area contributed by atoms with E-state index < -0.39 is 10.6 Å². The van der Waals surface area contributed by atoms with Gasteiger partial charge in [-0.05, 0) is 37.3 Å². The normalized spacial score (nSPS) is 25.9. The molecule has 7 nitrogen and oxygen atoms in total. The Morgan fingerprint density at radius 1 is 1.33 bits per heavy atom. The summed E-state index contributed by atoms with van der Waals surface area (Å²) in [5, 5.41) is 15.0. The van der Waals surface area contributed by atoms with Crippen molar-refractivity contribution in [2.24, 2.45) is 5.92 Å². The molecule has 27 heavy (non-hydrogen) atoms. The van der Waals surface area contributed by atoms with E-state index in [1.54, 1.807) is 19.2 Å². The maximum atomic E-state index is 11.2. The number of anilines is 1. The highest BCUT2D eigenvalue weighted by Crippen LogP contribution is 2.50. The molecule has 0 unspecified atom stereocenters. The van der Waals surface area contributed by atoms with E-state index in [0.717, 1.165) is 11.3 Å². The Kier molecular flexibility index (Phi) is 3.96. The van der Waals surface area contributed by atoms with E-state index in [-0.39, 0.29) is 17.6 Å². The number of hydrogen-bond acceptors (Lipinski definition) is 5. The molecule has 2 aromatic rings. The number of methoxy groups -OCH3 is 1. The Balaban J connectivity index is 1.85. The maximum Gasteiger partial charge on any atom is 0.270 e. The molecule has 2 bridgehead atoms. The van der Waals surface area contributed by atoms with Crippen LogP contribution in [0.2, 0.25) is 0 Å². The van der Waals surface area contributed by atoms with Gasteiger partial charge in [0, 0.05) is 23.6 Å². The van der Waals surface area contributed by atoms with Crippen LogP contribution in [-0.4, -0.2) is 22.9 Å². The molecule has 140 valence electrons. The van der Waals surface area contributed by atoms with E-state index in [2.05, 4.69) is 5.32 Å². The molecule has 2 aromatic carbocycles. The second-order valence-electron chi connectivity index (χ2n) is 6.86. The van der Waals surface area contributed by atoms with Gasteiger partial charge in [-0.3, -0.25) is 15.0 Å². The lowest BCUT2D eigenvalue weighted by atomic mass is 9.80. The van der Waals surface area contributed by atoms with Crippen LogP contribution < -0.4 is 19.7 Å². The quantitative estimate of drug-likeness (QED) is 0.489. The van der Waals surface area contributed by atoms with E-state index in [0.29, 0.717) is 16.6 Å². The monoisotopic (exact) mass is 385 g/mol. The highest BCUT2D eigenvalue weighted by molar-refractivity contribution is 7.80. The molecular weight excluding hydrogens is 366 g/mol. The first kappa shape index (κ1) is 17.5. The van der Waals surface area contributed by atoms with Gasteiger partial charge in [-0.15, -0.1) is 0 Å². The van der Waals surface area contributed by atoms with Gasteiger partial charge in [0.2, 0.25) is 0 Å². The number of benzene rings is 2. The zero-order chi connectivity index (χ0) is 19.3. The molecule has 1 saturated heterocycles. The zero-order valence-corrected chi connectivity index (χ0v) is 15.9. The summed E-state index contributed by atoms with van der Waals surface area (Å²) < 4.78 is 11.9. The molecule has 0 radical (unpaired) electrons. The van der Waals surface area contributed by atoms with Crippen LogP contribution in [0.3, 0.4) is 0 Å². The molecule has 2 aliphatic rings. The van der Waals surface area contributed by atoms with Crippen LogP contribution in [0.5, 0.6) is 11.5 Å². The summed E-state index contributed by atoms with van der Waals surface area (Å²) in [6.45, 7) is 4.03. The zero-order valence-electron chi connectivity index (χ0n) is 15.1. The van der Waals surface area contributed by atoms with Crippen LogP contribution in [0.15, 0.2) is 42.5 Å². The summed E-state index contributed by atoms with van der Waals surface area (Å²) in [5.74, 6) is 1.26. The van der Waals surface area contributed by atoms with Crippen molar-refractivity contribution in [2.75, 3.05) is 12.0 Å². The fourth-order valence-corrected chi connectivity index (χ4v) is 4.30. The summed E-state index contributed by atoms with van der Waals surface area (Å²) in [4.78, 5) is 12.7. The molecule has 2 aliphatic heterocycles. The average molecular weight is 385 g/mol. The first-order chi connectivity index (χ1) is 12.9. The Bertz CT molecular complexity index is 950. The molecule has 1 N–H and O–H groups in total. The molecule has 0 aliphatic carbocycles.